The molecule has 2 heterocycles. The predicted octanol–water partition coefficient (Wildman–Crippen LogP) is 2.44. The van der Waals surface area contributed by atoms with E-state index in [0.29, 0.717) is 18.5 Å². The van der Waals surface area contributed by atoms with Crippen LogP contribution in [0.5, 0.6) is 0 Å². The second-order valence-electron chi connectivity index (χ2n) is 5.84. The molecular formula is C16H21N3OS. The van der Waals surface area contributed by atoms with Gasteiger partial charge in [-0.05, 0) is 26.0 Å². The number of thiazole rings is 1. The molecule has 21 heavy (non-hydrogen) atoms. The third-order valence-electron chi connectivity index (χ3n) is 3.80. The van der Waals surface area contributed by atoms with Gasteiger partial charge >= 0.3 is 0 Å². The fourth-order valence-electron chi connectivity index (χ4n) is 2.93. The fourth-order valence-corrected chi connectivity index (χ4v) is 3.90. The Morgan fingerprint density at radius 1 is 1.33 bits per heavy atom. The summed E-state index contributed by atoms with van der Waals surface area (Å²) >= 11 is 1.69. The van der Waals surface area contributed by atoms with E-state index in [-0.39, 0.29) is 5.91 Å². The molecule has 1 amide bonds. The number of nitrogens with zero attached hydrogens (tertiary/aromatic N) is 2. The second-order valence-corrected chi connectivity index (χ2v) is 6.96. The van der Waals surface area contributed by atoms with Crippen LogP contribution in [-0.4, -0.2) is 41.0 Å². The van der Waals surface area contributed by atoms with Crippen LogP contribution in [0.15, 0.2) is 24.3 Å². The zero-order valence-corrected chi connectivity index (χ0v) is 13.3. The Morgan fingerprint density at radius 3 is 2.76 bits per heavy atom. The van der Waals surface area contributed by atoms with Crippen molar-refractivity contribution in [2.75, 3.05) is 13.1 Å². The Hall–Kier alpha value is -1.46. The lowest BCUT2D eigenvalue weighted by atomic mass is 10.1. The zero-order valence-electron chi connectivity index (χ0n) is 12.5. The van der Waals surface area contributed by atoms with E-state index in [2.05, 4.69) is 30.2 Å². The molecule has 4 nitrogen and oxygen atoms in total. The van der Waals surface area contributed by atoms with Gasteiger partial charge < -0.3 is 10.2 Å². The maximum Gasteiger partial charge on any atom is 0.223 e. The zero-order chi connectivity index (χ0) is 14.8. The van der Waals surface area contributed by atoms with Crippen LogP contribution in [0.4, 0.5) is 0 Å². The number of fused-ring (bicyclic) bond motifs is 1. The molecule has 1 fully saturated rings. The van der Waals surface area contributed by atoms with Crippen molar-refractivity contribution in [3.05, 3.63) is 29.3 Å². The van der Waals surface area contributed by atoms with Gasteiger partial charge in [-0.15, -0.1) is 11.3 Å². The fraction of sp³-hybridized carbons (Fsp3) is 0.500. The highest BCUT2D eigenvalue weighted by atomic mass is 32.1. The molecule has 0 saturated carbocycles. The molecule has 2 aromatic rings. The van der Waals surface area contributed by atoms with Gasteiger partial charge in [-0.3, -0.25) is 4.79 Å². The van der Waals surface area contributed by atoms with Gasteiger partial charge in [0.25, 0.3) is 0 Å². The van der Waals surface area contributed by atoms with Crippen molar-refractivity contribution in [2.24, 2.45) is 0 Å². The van der Waals surface area contributed by atoms with Gasteiger partial charge in [0.05, 0.1) is 15.2 Å². The maximum absolute atomic E-state index is 12.4. The number of benzene rings is 1. The van der Waals surface area contributed by atoms with Crippen LogP contribution in [0, 0.1) is 0 Å². The maximum atomic E-state index is 12.4. The van der Waals surface area contributed by atoms with E-state index in [4.69, 9.17) is 0 Å². The largest absolute Gasteiger partial charge is 0.340 e. The monoisotopic (exact) mass is 303 g/mol. The van der Waals surface area contributed by atoms with Crippen molar-refractivity contribution in [1.29, 1.82) is 0 Å². The molecule has 0 radical (unpaired) electrons. The molecule has 1 aromatic heterocycles. The highest BCUT2D eigenvalue weighted by molar-refractivity contribution is 7.18. The quantitative estimate of drug-likeness (QED) is 0.947. The SMILES string of the molecule is CC1CN(C(=O)CCc2nc3ccccc3s2)CC(C)N1. The first kappa shape index (κ1) is 14.5. The molecule has 1 N–H and O–H groups in total. The standard InChI is InChI=1S/C16H21N3OS/c1-11-9-19(10-12(2)17-11)16(20)8-7-15-18-13-5-3-4-6-14(13)21-15/h3-6,11-12,17H,7-10H2,1-2H3. The number of para-hydroxylation sites is 1. The van der Waals surface area contributed by atoms with Crippen LogP contribution in [0.25, 0.3) is 10.2 Å². The Labute approximate surface area is 129 Å². The topological polar surface area (TPSA) is 45.2 Å². The van der Waals surface area contributed by atoms with Gasteiger partial charge in [0.2, 0.25) is 5.91 Å². The minimum Gasteiger partial charge on any atom is -0.340 e. The van der Waals surface area contributed by atoms with Crippen LogP contribution in [0.3, 0.4) is 0 Å². The van der Waals surface area contributed by atoms with Gasteiger partial charge in [0, 0.05) is 38.0 Å². The summed E-state index contributed by atoms with van der Waals surface area (Å²) in [6.07, 6.45) is 1.30. The molecular weight excluding hydrogens is 282 g/mol. The molecule has 1 aliphatic heterocycles. The lowest BCUT2D eigenvalue weighted by molar-refractivity contribution is -0.132. The van der Waals surface area contributed by atoms with E-state index in [0.717, 1.165) is 30.0 Å². The van der Waals surface area contributed by atoms with E-state index < -0.39 is 0 Å². The van der Waals surface area contributed by atoms with Crippen LogP contribution in [0.2, 0.25) is 0 Å². The van der Waals surface area contributed by atoms with Crippen molar-refractivity contribution in [3.63, 3.8) is 0 Å². The van der Waals surface area contributed by atoms with Crippen molar-refractivity contribution < 1.29 is 4.79 Å². The molecule has 2 unspecified atom stereocenters. The number of hydrogen-bond acceptors (Lipinski definition) is 4. The smallest absolute Gasteiger partial charge is 0.223 e. The Bertz CT molecular complexity index is 596. The summed E-state index contributed by atoms with van der Waals surface area (Å²) in [5.41, 5.74) is 1.04. The van der Waals surface area contributed by atoms with E-state index in [1.807, 2.05) is 23.1 Å². The number of rotatable bonds is 3. The summed E-state index contributed by atoms with van der Waals surface area (Å²) in [7, 11) is 0. The van der Waals surface area contributed by atoms with Crippen molar-refractivity contribution >= 4 is 27.5 Å². The molecule has 0 spiro atoms. The van der Waals surface area contributed by atoms with Gasteiger partial charge in [-0.25, -0.2) is 4.98 Å². The second kappa shape index (κ2) is 6.12. The average Bonchev–Trinajstić information content (AvgIpc) is 2.86. The number of aromatic nitrogens is 1. The number of carbonyl (C=O) groups excluding carboxylic acids is 1. The molecule has 112 valence electrons. The number of carbonyl (C=O) groups is 1. The van der Waals surface area contributed by atoms with Crippen molar-refractivity contribution in [1.82, 2.24) is 15.2 Å². The molecule has 1 aliphatic rings. The third kappa shape index (κ3) is 3.41. The number of aryl methyl sites for hydroxylation is 1. The third-order valence-corrected chi connectivity index (χ3v) is 4.90. The molecule has 0 bridgehead atoms. The summed E-state index contributed by atoms with van der Waals surface area (Å²) in [5, 5.41) is 4.51. The number of piperazine rings is 1. The van der Waals surface area contributed by atoms with Crippen LogP contribution in [-0.2, 0) is 11.2 Å². The van der Waals surface area contributed by atoms with Gasteiger partial charge in [0.1, 0.15) is 0 Å². The highest BCUT2D eigenvalue weighted by Gasteiger charge is 2.24. The first-order valence-corrected chi connectivity index (χ1v) is 8.32. The average molecular weight is 303 g/mol. The van der Waals surface area contributed by atoms with Gasteiger partial charge in [-0.2, -0.15) is 0 Å². The highest BCUT2D eigenvalue weighted by Crippen LogP contribution is 2.22. The minimum atomic E-state index is 0.245. The normalized spacial score (nSPS) is 22.7. The van der Waals surface area contributed by atoms with E-state index in [1.165, 1.54) is 4.70 Å². The molecule has 1 aromatic carbocycles. The lowest BCUT2D eigenvalue weighted by Gasteiger charge is -2.36. The summed E-state index contributed by atoms with van der Waals surface area (Å²) in [5.74, 6) is 0.245. The minimum absolute atomic E-state index is 0.245. The van der Waals surface area contributed by atoms with Crippen LogP contribution >= 0.6 is 11.3 Å². The Balaban J connectivity index is 1.60. The van der Waals surface area contributed by atoms with E-state index in [1.54, 1.807) is 11.3 Å². The van der Waals surface area contributed by atoms with Gasteiger partial charge in [0.15, 0.2) is 0 Å². The summed E-state index contributed by atoms with van der Waals surface area (Å²) in [6.45, 7) is 5.87. The number of nitrogens with one attached hydrogen (secondary N) is 1. The van der Waals surface area contributed by atoms with Crippen LogP contribution < -0.4 is 5.32 Å². The van der Waals surface area contributed by atoms with Gasteiger partial charge in [-0.1, -0.05) is 12.1 Å². The molecule has 1 saturated heterocycles. The van der Waals surface area contributed by atoms with E-state index >= 15 is 0 Å². The molecule has 5 heteroatoms. The number of hydrogen-bond donors (Lipinski definition) is 1. The predicted molar refractivity (Wildman–Crippen MR) is 86.6 cm³/mol. The summed E-state index contributed by atoms with van der Waals surface area (Å²) in [4.78, 5) is 18.9. The Kier molecular flexibility index (Phi) is 4.22. The Morgan fingerprint density at radius 2 is 2.05 bits per heavy atom. The molecule has 2 atom stereocenters. The van der Waals surface area contributed by atoms with Crippen LogP contribution in [0.1, 0.15) is 25.3 Å². The first-order chi connectivity index (χ1) is 10.1. The molecule has 3 rings (SSSR count). The van der Waals surface area contributed by atoms with E-state index in [9.17, 15) is 4.79 Å². The first-order valence-electron chi connectivity index (χ1n) is 7.50. The summed E-state index contributed by atoms with van der Waals surface area (Å²) in [6, 6.07) is 8.88. The van der Waals surface area contributed by atoms with Crippen molar-refractivity contribution in [3.8, 4) is 0 Å². The summed E-state index contributed by atoms with van der Waals surface area (Å²) < 4.78 is 1.20. The molecule has 0 aliphatic carbocycles. The lowest BCUT2D eigenvalue weighted by Crippen LogP contribution is -2.55. The van der Waals surface area contributed by atoms with Crippen molar-refractivity contribution in [2.45, 2.75) is 38.8 Å². The number of amides is 1.